The Balaban J connectivity index is 1.70. The molecule has 0 N–H and O–H groups in total. The van der Waals surface area contributed by atoms with E-state index in [0.717, 1.165) is 28.1 Å². The number of pyridine rings is 1. The quantitative estimate of drug-likeness (QED) is 0.508. The fraction of sp³-hybridized carbons (Fsp3) is 0.0455. The summed E-state index contributed by atoms with van der Waals surface area (Å²) in [6.45, 7) is 0.256. The molecule has 132 valence electrons. The molecule has 0 unspecified atom stereocenters. The van der Waals surface area contributed by atoms with E-state index in [-0.39, 0.29) is 12.4 Å². The average Bonchev–Trinajstić information content (AvgIpc) is 2.74. The minimum atomic E-state index is -0.280. The molecule has 0 fully saturated rings. The van der Waals surface area contributed by atoms with E-state index in [1.165, 1.54) is 12.1 Å². The Morgan fingerprint density at radius 3 is 2.30 bits per heavy atom. The second kappa shape index (κ2) is 7.74. The molecule has 0 aliphatic heterocycles. The van der Waals surface area contributed by atoms with E-state index in [2.05, 4.69) is 9.97 Å². The molecule has 0 aliphatic rings. The first-order valence-electron chi connectivity index (χ1n) is 8.50. The highest BCUT2D eigenvalue weighted by atomic mass is 19.1. The van der Waals surface area contributed by atoms with Crippen molar-refractivity contribution in [1.82, 2.24) is 15.0 Å². The number of rotatable bonds is 5. The minimum Gasteiger partial charge on any atom is -0.486 e. The second-order valence-electron chi connectivity index (χ2n) is 5.89. The molecule has 4 nitrogen and oxygen atoms in total. The van der Waals surface area contributed by atoms with E-state index in [1.807, 2.05) is 42.5 Å². The van der Waals surface area contributed by atoms with Crippen molar-refractivity contribution < 1.29 is 9.13 Å². The monoisotopic (exact) mass is 357 g/mol. The molecule has 0 spiro atoms. The summed E-state index contributed by atoms with van der Waals surface area (Å²) in [4.78, 5) is 13.2. The van der Waals surface area contributed by atoms with Crippen molar-refractivity contribution in [1.29, 1.82) is 0 Å². The first kappa shape index (κ1) is 16.8. The third-order valence-electron chi connectivity index (χ3n) is 4.06. The number of para-hydroxylation sites is 1. The summed E-state index contributed by atoms with van der Waals surface area (Å²) in [6, 6.07) is 19.6. The van der Waals surface area contributed by atoms with Gasteiger partial charge in [0, 0.05) is 29.7 Å². The first-order valence-corrected chi connectivity index (χ1v) is 8.50. The van der Waals surface area contributed by atoms with Crippen LogP contribution in [-0.4, -0.2) is 15.0 Å². The van der Waals surface area contributed by atoms with Crippen LogP contribution in [0.5, 0.6) is 5.75 Å². The molecule has 0 atom stereocenters. The number of nitrogens with zero attached hydrogens (tertiary/aromatic N) is 3. The Morgan fingerprint density at radius 2 is 1.56 bits per heavy atom. The van der Waals surface area contributed by atoms with Crippen LogP contribution in [0.25, 0.3) is 22.4 Å². The molecular formula is C22H16FN3O. The van der Waals surface area contributed by atoms with Crippen LogP contribution in [0, 0.1) is 5.82 Å². The van der Waals surface area contributed by atoms with Gasteiger partial charge in [-0.2, -0.15) is 0 Å². The highest BCUT2D eigenvalue weighted by molar-refractivity contribution is 5.79. The molecule has 0 saturated heterocycles. The molecule has 27 heavy (non-hydrogen) atoms. The molecular weight excluding hydrogens is 341 g/mol. The van der Waals surface area contributed by atoms with Crippen LogP contribution in [-0.2, 0) is 6.61 Å². The zero-order valence-electron chi connectivity index (χ0n) is 14.4. The van der Waals surface area contributed by atoms with Crippen LogP contribution in [0.3, 0.4) is 0 Å². The molecule has 2 aromatic heterocycles. The van der Waals surface area contributed by atoms with Crippen LogP contribution in [0.2, 0.25) is 0 Å². The molecule has 0 radical (unpaired) electrons. The van der Waals surface area contributed by atoms with E-state index in [9.17, 15) is 4.39 Å². The predicted molar refractivity (Wildman–Crippen MR) is 101 cm³/mol. The summed E-state index contributed by atoms with van der Waals surface area (Å²) >= 11 is 0. The van der Waals surface area contributed by atoms with Crippen LogP contribution in [0.4, 0.5) is 4.39 Å². The molecule has 0 saturated carbocycles. The fourth-order valence-electron chi connectivity index (χ4n) is 2.72. The van der Waals surface area contributed by atoms with Gasteiger partial charge in [0.15, 0.2) is 5.82 Å². The third kappa shape index (κ3) is 3.98. The summed E-state index contributed by atoms with van der Waals surface area (Å²) in [5, 5.41) is 0. The lowest BCUT2D eigenvalue weighted by Gasteiger charge is -2.11. The fourth-order valence-corrected chi connectivity index (χ4v) is 2.72. The van der Waals surface area contributed by atoms with Crippen molar-refractivity contribution in [3.05, 3.63) is 97.0 Å². The maximum atomic E-state index is 13.3. The Kier molecular flexibility index (Phi) is 4.83. The van der Waals surface area contributed by atoms with E-state index < -0.39 is 0 Å². The number of aromatic nitrogens is 3. The topological polar surface area (TPSA) is 47.9 Å². The second-order valence-corrected chi connectivity index (χ2v) is 5.89. The Labute approximate surface area is 156 Å². The number of ether oxygens (including phenoxy) is 1. The summed E-state index contributed by atoms with van der Waals surface area (Å²) in [7, 11) is 0. The minimum absolute atomic E-state index is 0.256. The van der Waals surface area contributed by atoms with E-state index in [0.29, 0.717) is 5.82 Å². The van der Waals surface area contributed by atoms with Crippen molar-refractivity contribution in [2.24, 2.45) is 0 Å². The van der Waals surface area contributed by atoms with Crippen LogP contribution in [0.15, 0.2) is 85.3 Å². The average molecular weight is 357 g/mol. The summed E-state index contributed by atoms with van der Waals surface area (Å²) < 4.78 is 19.1. The van der Waals surface area contributed by atoms with Gasteiger partial charge in [-0.25, -0.2) is 14.4 Å². The summed E-state index contributed by atoms with van der Waals surface area (Å²) in [5.41, 5.74) is 3.33. The molecule has 2 heterocycles. The largest absolute Gasteiger partial charge is 0.486 e. The van der Waals surface area contributed by atoms with Crippen molar-refractivity contribution in [3.63, 3.8) is 0 Å². The van der Waals surface area contributed by atoms with Gasteiger partial charge in [-0.1, -0.05) is 30.3 Å². The Bertz CT molecular complexity index is 1020. The molecule has 5 heteroatoms. The Hall–Kier alpha value is -3.60. The van der Waals surface area contributed by atoms with Crippen LogP contribution >= 0.6 is 0 Å². The van der Waals surface area contributed by atoms with E-state index in [4.69, 9.17) is 9.72 Å². The molecule has 0 amide bonds. The molecule has 4 rings (SSSR count). The van der Waals surface area contributed by atoms with Gasteiger partial charge >= 0.3 is 0 Å². The van der Waals surface area contributed by atoms with Crippen molar-refractivity contribution >= 4 is 0 Å². The number of hydrogen-bond donors (Lipinski definition) is 0. The van der Waals surface area contributed by atoms with Crippen molar-refractivity contribution in [3.8, 4) is 28.1 Å². The van der Waals surface area contributed by atoms with Gasteiger partial charge in [-0.15, -0.1) is 0 Å². The maximum absolute atomic E-state index is 13.3. The molecule has 4 aromatic rings. The lowest BCUT2D eigenvalue weighted by molar-refractivity contribution is 0.296. The lowest BCUT2D eigenvalue weighted by atomic mass is 10.0. The van der Waals surface area contributed by atoms with Crippen molar-refractivity contribution in [2.75, 3.05) is 0 Å². The molecule has 0 aliphatic carbocycles. The standard InChI is InChI=1S/C22H16FN3O/c23-18-8-6-16(7-9-18)20-14-25-21(15-27-19-4-2-1-3-5-19)26-22(20)17-10-12-24-13-11-17/h1-14H,15H2. The molecule has 0 bridgehead atoms. The SMILES string of the molecule is Fc1ccc(-c2cnc(COc3ccccc3)nc2-c2ccncc2)cc1. The Morgan fingerprint density at radius 1 is 0.815 bits per heavy atom. The predicted octanol–water partition coefficient (Wildman–Crippen LogP) is 4.92. The summed E-state index contributed by atoms with van der Waals surface area (Å²) in [6.07, 6.45) is 5.18. The number of halogens is 1. The van der Waals surface area contributed by atoms with Gasteiger partial charge in [-0.3, -0.25) is 4.98 Å². The van der Waals surface area contributed by atoms with Gasteiger partial charge in [0.1, 0.15) is 18.2 Å². The van der Waals surface area contributed by atoms with E-state index in [1.54, 1.807) is 30.7 Å². The first-order chi connectivity index (χ1) is 13.3. The number of hydrogen-bond acceptors (Lipinski definition) is 4. The highest BCUT2D eigenvalue weighted by Gasteiger charge is 2.12. The van der Waals surface area contributed by atoms with Gasteiger partial charge < -0.3 is 4.74 Å². The number of benzene rings is 2. The maximum Gasteiger partial charge on any atom is 0.166 e. The lowest BCUT2D eigenvalue weighted by Crippen LogP contribution is -2.04. The van der Waals surface area contributed by atoms with E-state index >= 15 is 0 Å². The normalized spacial score (nSPS) is 10.6. The summed E-state index contributed by atoms with van der Waals surface area (Å²) in [5.74, 6) is 1.05. The van der Waals surface area contributed by atoms with Gasteiger partial charge in [0.25, 0.3) is 0 Å². The highest BCUT2D eigenvalue weighted by Crippen LogP contribution is 2.30. The van der Waals surface area contributed by atoms with Crippen LogP contribution < -0.4 is 4.74 Å². The third-order valence-corrected chi connectivity index (χ3v) is 4.06. The van der Waals surface area contributed by atoms with Crippen molar-refractivity contribution in [2.45, 2.75) is 6.61 Å². The van der Waals surface area contributed by atoms with Gasteiger partial charge in [-0.05, 0) is 42.0 Å². The van der Waals surface area contributed by atoms with Gasteiger partial charge in [0.05, 0.1) is 5.69 Å². The molecule has 2 aromatic carbocycles. The zero-order valence-corrected chi connectivity index (χ0v) is 14.4. The smallest absolute Gasteiger partial charge is 0.166 e. The van der Waals surface area contributed by atoms with Gasteiger partial charge in [0.2, 0.25) is 0 Å². The zero-order chi connectivity index (χ0) is 18.5. The van der Waals surface area contributed by atoms with Crippen LogP contribution in [0.1, 0.15) is 5.82 Å².